The molecule has 1 fully saturated rings. The Bertz CT molecular complexity index is 580. The quantitative estimate of drug-likeness (QED) is 0.478. The molecule has 0 heterocycles. The monoisotopic (exact) mass is 379 g/mol. The van der Waals surface area contributed by atoms with Crippen molar-refractivity contribution in [2.45, 2.75) is 63.3 Å². The Balaban J connectivity index is 1.88. The van der Waals surface area contributed by atoms with E-state index in [1.165, 1.54) is 0 Å². The number of benzene rings is 1. The number of guanidine groups is 1. The summed E-state index contributed by atoms with van der Waals surface area (Å²) in [7, 11) is -0.727. The van der Waals surface area contributed by atoms with Crippen LogP contribution in [0.25, 0.3) is 0 Å². The molecule has 1 aliphatic rings. The van der Waals surface area contributed by atoms with E-state index in [1.807, 2.05) is 44.2 Å². The lowest BCUT2D eigenvalue weighted by atomic mass is 9.95. The average molecular weight is 380 g/mol. The van der Waals surface area contributed by atoms with Gasteiger partial charge in [-0.15, -0.1) is 0 Å². The molecule has 1 aromatic carbocycles. The maximum absolute atomic E-state index is 12.1. The van der Waals surface area contributed by atoms with Crippen molar-refractivity contribution >= 4 is 16.8 Å². The number of nitrogens with one attached hydrogen (secondary N) is 2. The first kappa shape index (κ1) is 20.9. The molecule has 0 amide bonds. The van der Waals surface area contributed by atoms with Crippen LogP contribution in [0.15, 0.2) is 35.3 Å². The van der Waals surface area contributed by atoms with Gasteiger partial charge in [-0.3, -0.25) is 9.20 Å². The molecule has 0 aliphatic heterocycles. The minimum absolute atomic E-state index is 0.290. The van der Waals surface area contributed by atoms with Crippen LogP contribution in [0, 0.1) is 0 Å². The summed E-state index contributed by atoms with van der Waals surface area (Å²) in [6.45, 7) is 5.17. The lowest BCUT2D eigenvalue weighted by molar-refractivity contribution is 0.183. The Morgan fingerprint density at radius 1 is 1.31 bits per heavy atom. The van der Waals surface area contributed by atoms with Gasteiger partial charge in [0, 0.05) is 40.8 Å². The molecule has 0 bridgehead atoms. The minimum Gasteiger partial charge on any atom is -0.391 e. The highest BCUT2D eigenvalue weighted by atomic mass is 32.2. The number of rotatable bonds is 8. The second kappa shape index (κ2) is 11.3. The molecule has 0 radical (unpaired) electrons. The molecule has 5 nitrogen and oxygen atoms in total. The molecule has 0 aromatic heterocycles. The molecular weight excluding hydrogens is 346 g/mol. The summed E-state index contributed by atoms with van der Waals surface area (Å²) in [5, 5.41) is 17.3. The van der Waals surface area contributed by atoms with Gasteiger partial charge in [-0.25, -0.2) is 0 Å². The third kappa shape index (κ3) is 7.08. The number of aliphatic imine (C=N–C) groups is 1. The first-order valence-corrected chi connectivity index (χ1v) is 11.1. The second-order valence-electron chi connectivity index (χ2n) is 6.86. The van der Waals surface area contributed by atoms with Crippen LogP contribution in [0.5, 0.6) is 0 Å². The lowest BCUT2D eigenvalue weighted by Crippen LogP contribution is -2.47. The normalized spacial score (nSPS) is 23.3. The first-order chi connectivity index (χ1) is 12.6. The Hall–Kier alpha value is -1.40. The molecule has 146 valence electrons. The van der Waals surface area contributed by atoms with Gasteiger partial charge in [0.15, 0.2) is 5.96 Å². The van der Waals surface area contributed by atoms with Gasteiger partial charge in [-0.1, -0.05) is 43.7 Å². The SMILES string of the molecule is CCNC(=NCC(O)Cc1ccccc1)NC1CCCC(S(=O)CC)C1. The molecule has 3 N–H and O–H groups in total. The number of hydrogen-bond donors (Lipinski definition) is 3. The fourth-order valence-corrected chi connectivity index (χ4v) is 4.76. The van der Waals surface area contributed by atoms with Crippen molar-refractivity contribution in [2.24, 2.45) is 4.99 Å². The van der Waals surface area contributed by atoms with Gasteiger partial charge in [-0.05, 0) is 31.7 Å². The Labute approximate surface area is 160 Å². The number of aliphatic hydroxyl groups excluding tert-OH is 1. The summed E-state index contributed by atoms with van der Waals surface area (Å²) >= 11 is 0. The molecular formula is C20H33N3O2S. The van der Waals surface area contributed by atoms with E-state index < -0.39 is 16.9 Å². The van der Waals surface area contributed by atoms with E-state index in [0.29, 0.717) is 19.0 Å². The van der Waals surface area contributed by atoms with Crippen molar-refractivity contribution in [1.82, 2.24) is 10.6 Å². The molecule has 1 saturated carbocycles. The van der Waals surface area contributed by atoms with Crippen molar-refractivity contribution in [2.75, 3.05) is 18.8 Å². The van der Waals surface area contributed by atoms with Crippen LogP contribution in [0.2, 0.25) is 0 Å². The molecule has 4 atom stereocenters. The van der Waals surface area contributed by atoms with E-state index in [-0.39, 0.29) is 5.25 Å². The van der Waals surface area contributed by atoms with Crippen LogP contribution in [0.1, 0.15) is 45.1 Å². The van der Waals surface area contributed by atoms with E-state index in [2.05, 4.69) is 15.6 Å². The maximum Gasteiger partial charge on any atom is 0.191 e. The Morgan fingerprint density at radius 2 is 2.08 bits per heavy atom. The number of aliphatic hydroxyl groups is 1. The molecule has 6 heteroatoms. The highest BCUT2D eigenvalue weighted by Gasteiger charge is 2.26. The fourth-order valence-electron chi connectivity index (χ4n) is 3.41. The standard InChI is InChI=1S/C20H33N3O2S/c1-3-21-20(22-15-18(24)13-16-9-6-5-7-10-16)23-17-11-8-12-19(14-17)26(25)4-2/h5-7,9-10,17-19,24H,3-4,8,11-15H2,1-2H3,(H2,21,22,23). The van der Waals surface area contributed by atoms with Crippen LogP contribution in [-0.4, -0.2) is 51.5 Å². The topological polar surface area (TPSA) is 73.7 Å². The van der Waals surface area contributed by atoms with E-state index in [0.717, 1.165) is 49.5 Å². The zero-order valence-corrected chi connectivity index (χ0v) is 16.8. The summed E-state index contributed by atoms with van der Waals surface area (Å²) in [6, 6.07) is 10.3. The second-order valence-corrected chi connectivity index (χ2v) is 8.87. The molecule has 0 spiro atoms. The van der Waals surface area contributed by atoms with Crippen molar-refractivity contribution in [3.63, 3.8) is 0 Å². The van der Waals surface area contributed by atoms with Crippen LogP contribution in [0.3, 0.4) is 0 Å². The van der Waals surface area contributed by atoms with Gasteiger partial charge >= 0.3 is 0 Å². The van der Waals surface area contributed by atoms with Gasteiger partial charge in [0.05, 0.1) is 12.6 Å². The largest absolute Gasteiger partial charge is 0.391 e. The third-order valence-electron chi connectivity index (χ3n) is 4.74. The fraction of sp³-hybridized carbons (Fsp3) is 0.650. The lowest BCUT2D eigenvalue weighted by Gasteiger charge is -2.30. The van der Waals surface area contributed by atoms with Crippen molar-refractivity contribution in [3.05, 3.63) is 35.9 Å². The van der Waals surface area contributed by atoms with Crippen molar-refractivity contribution in [1.29, 1.82) is 0 Å². The van der Waals surface area contributed by atoms with Gasteiger partial charge in [0.25, 0.3) is 0 Å². The van der Waals surface area contributed by atoms with Gasteiger partial charge in [0.1, 0.15) is 0 Å². The van der Waals surface area contributed by atoms with Crippen molar-refractivity contribution < 1.29 is 9.32 Å². The van der Waals surface area contributed by atoms with Gasteiger partial charge < -0.3 is 15.7 Å². The summed E-state index contributed by atoms with van der Waals surface area (Å²) < 4.78 is 12.1. The number of nitrogens with zero attached hydrogens (tertiary/aromatic N) is 1. The molecule has 1 aliphatic carbocycles. The van der Waals surface area contributed by atoms with Crippen LogP contribution in [0.4, 0.5) is 0 Å². The zero-order chi connectivity index (χ0) is 18.8. The summed E-state index contributed by atoms with van der Waals surface area (Å²) in [4.78, 5) is 4.56. The predicted octanol–water partition coefficient (Wildman–Crippen LogP) is 2.22. The maximum atomic E-state index is 12.1. The summed E-state index contributed by atoms with van der Waals surface area (Å²) in [5.41, 5.74) is 1.12. The van der Waals surface area contributed by atoms with Gasteiger partial charge in [0.2, 0.25) is 0 Å². The van der Waals surface area contributed by atoms with Crippen molar-refractivity contribution in [3.8, 4) is 0 Å². The average Bonchev–Trinajstić information content (AvgIpc) is 2.66. The van der Waals surface area contributed by atoms with Gasteiger partial charge in [-0.2, -0.15) is 0 Å². The minimum atomic E-state index is -0.727. The van der Waals surface area contributed by atoms with Crippen LogP contribution >= 0.6 is 0 Å². The zero-order valence-electron chi connectivity index (χ0n) is 16.0. The van der Waals surface area contributed by atoms with E-state index >= 15 is 0 Å². The van der Waals surface area contributed by atoms with E-state index in [4.69, 9.17) is 0 Å². The molecule has 1 aromatic rings. The van der Waals surface area contributed by atoms with E-state index in [9.17, 15) is 9.32 Å². The first-order valence-electron chi connectivity index (χ1n) is 9.76. The predicted molar refractivity (Wildman–Crippen MR) is 110 cm³/mol. The molecule has 26 heavy (non-hydrogen) atoms. The molecule has 0 saturated heterocycles. The Kier molecular flexibility index (Phi) is 9.12. The summed E-state index contributed by atoms with van der Waals surface area (Å²) in [5.74, 6) is 1.48. The Morgan fingerprint density at radius 3 is 2.77 bits per heavy atom. The summed E-state index contributed by atoms with van der Waals surface area (Å²) in [6.07, 6.45) is 4.27. The molecule has 4 unspecified atom stereocenters. The van der Waals surface area contributed by atoms with E-state index in [1.54, 1.807) is 0 Å². The number of hydrogen-bond acceptors (Lipinski definition) is 3. The van der Waals surface area contributed by atoms with Crippen LogP contribution in [-0.2, 0) is 17.2 Å². The molecule has 2 rings (SSSR count). The van der Waals surface area contributed by atoms with Crippen LogP contribution < -0.4 is 10.6 Å². The highest BCUT2D eigenvalue weighted by Crippen LogP contribution is 2.23. The highest BCUT2D eigenvalue weighted by molar-refractivity contribution is 7.85. The third-order valence-corrected chi connectivity index (χ3v) is 6.48. The smallest absolute Gasteiger partial charge is 0.191 e.